The van der Waals surface area contributed by atoms with Crippen molar-refractivity contribution in [2.24, 2.45) is 0 Å². The van der Waals surface area contributed by atoms with Gasteiger partial charge in [0.15, 0.2) is 0 Å². The molecule has 0 aliphatic heterocycles. The van der Waals surface area contributed by atoms with Gasteiger partial charge in [0, 0.05) is 17.3 Å². The number of hydrogen-bond donors (Lipinski definition) is 1. The fourth-order valence-corrected chi connectivity index (χ4v) is 1.67. The van der Waals surface area contributed by atoms with Gasteiger partial charge in [-0.15, -0.1) is 4.53 Å². The lowest BCUT2D eigenvalue weighted by atomic mass is 10.1. The molecule has 0 atom stereocenters. The predicted octanol–water partition coefficient (Wildman–Crippen LogP) is 3.89. The van der Waals surface area contributed by atoms with E-state index in [-0.39, 0.29) is 15.6 Å². The van der Waals surface area contributed by atoms with E-state index in [2.05, 4.69) is 5.43 Å². The van der Waals surface area contributed by atoms with Gasteiger partial charge in [-0.05, 0) is 32.9 Å². The second kappa shape index (κ2) is 5.44. The summed E-state index contributed by atoms with van der Waals surface area (Å²) < 4.78 is 1.19. The molecule has 0 unspecified atom stereocenters. The number of hydrazine groups is 1. The van der Waals surface area contributed by atoms with E-state index >= 15 is 0 Å². The minimum absolute atomic E-state index is 0.214. The summed E-state index contributed by atoms with van der Waals surface area (Å²) in [5.74, 6) is -0.439. The maximum Gasteiger partial charge on any atom is 0.269 e. The number of rotatable bonds is 2. The Labute approximate surface area is 116 Å². The van der Waals surface area contributed by atoms with Gasteiger partial charge >= 0.3 is 0 Å². The van der Waals surface area contributed by atoms with Crippen LogP contribution >= 0.6 is 35.0 Å². The van der Waals surface area contributed by atoms with E-state index in [1.807, 2.05) is 20.8 Å². The lowest BCUT2D eigenvalue weighted by Gasteiger charge is -2.28. The number of carbonyl (C=O) groups is 1. The van der Waals surface area contributed by atoms with Gasteiger partial charge in [0.25, 0.3) is 5.91 Å². The van der Waals surface area contributed by atoms with E-state index in [9.17, 15) is 4.79 Å². The molecule has 0 bridgehead atoms. The van der Waals surface area contributed by atoms with E-state index in [0.717, 1.165) is 0 Å². The van der Waals surface area contributed by atoms with E-state index in [1.165, 1.54) is 4.53 Å². The molecule has 1 rings (SSSR count). The smallest absolute Gasteiger partial charge is 0.269 e. The molecule has 6 heteroatoms. The van der Waals surface area contributed by atoms with Gasteiger partial charge in [-0.3, -0.25) is 10.2 Å². The molecule has 0 aliphatic carbocycles. The van der Waals surface area contributed by atoms with Crippen molar-refractivity contribution in [1.82, 2.24) is 9.95 Å². The van der Waals surface area contributed by atoms with Crippen LogP contribution in [0.1, 0.15) is 31.1 Å². The summed E-state index contributed by atoms with van der Waals surface area (Å²) in [4.78, 5) is 11.9. The van der Waals surface area contributed by atoms with Crippen LogP contribution in [0.3, 0.4) is 0 Å². The minimum atomic E-state index is -0.439. The first kappa shape index (κ1) is 14.6. The molecule has 1 amide bonds. The summed E-state index contributed by atoms with van der Waals surface area (Å²) in [5.41, 5.74) is 2.31. The zero-order chi connectivity index (χ0) is 13.2. The Kier molecular flexibility index (Phi) is 4.67. The first-order chi connectivity index (χ1) is 7.73. The first-order valence-electron chi connectivity index (χ1n) is 4.94. The quantitative estimate of drug-likeness (QED) is 0.663. The van der Waals surface area contributed by atoms with Crippen molar-refractivity contribution in [1.29, 1.82) is 0 Å². The van der Waals surface area contributed by atoms with Gasteiger partial charge in [-0.25, -0.2) is 0 Å². The summed E-state index contributed by atoms with van der Waals surface area (Å²) >= 11 is 17.8. The van der Waals surface area contributed by atoms with Crippen LogP contribution in [-0.2, 0) is 0 Å². The Bertz CT molecular complexity index is 409. The van der Waals surface area contributed by atoms with Crippen LogP contribution in [0.4, 0.5) is 0 Å². The van der Waals surface area contributed by atoms with Crippen LogP contribution in [0.5, 0.6) is 0 Å². The maximum absolute atomic E-state index is 11.9. The average molecular weight is 296 g/mol. The molecule has 0 spiro atoms. The number of amides is 1. The highest BCUT2D eigenvalue weighted by molar-refractivity contribution is 6.39. The Morgan fingerprint density at radius 2 is 1.71 bits per heavy atom. The molecule has 0 saturated carbocycles. The van der Waals surface area contributed by atoms with Gasteiger partial charge in [0.1, 0.15) is 0 Å². The minimum Gasteiger partial charge on any atom is -0.270 e. The van der Waals surface area contributed by atoms with Crippen LogP contribution in [0.2, 0.25) is 10.0 Å². The second-order valence-corrected chi connectivity index (χ2v) is 5.64. The lowest BCUT2D eigenvalue weighted by molar-refractivity contribution is 0.0806. The molecular weight excluding hydrogens is 282 g/mol. The molecule has 17 heavy (non-hydrogen) atoms. The number of halogens is 3. The molecule has 1 N–H and O–H groups in total. The highest BCUT2D eigenvalue weighted by Crippen LogP contribution is 2.24. The fraction of sp³-hybridized carbons (Fsp3) is 0.364. The predicted molar refractivity (Wildman–Crippen MR) is 71.4 cm³/mol. The van der Waals surface area contributed by atoms with E-state index in [1.54, 1.807) is 18.2 Å². The summed E-state index contributed by atoms with van der Waals surface area (Å²) in [6, 6.07) is 4.86. The molecule has 0 radical (unpaired) electrons. The van der Waals surface area contributed by atoms with Crippen LogP contribution in [0, 0.1) is 0 Å². The second-order valence-electron chi connectivity index (χ2n) is 4.49. The van der Waals surface area contributed by atoms with Crippen LogP contribution in [-0.4, -0.2) is 16.0 Å². The highest BCUT2D eigenvalue weighted by atomic mass is 35.5. The van der Waals surface area contributed by atoms with Crippen LogP contribution in [0.25, 0.3) is 0 Å². The first-order valence-corrected chi connectivity index (χ1v) is 6.04. The average Bonchev–Trinajstić information content (AvgIpc) is 2.15. The Balaban J connectivity index is 2.92. The van der Waals surface area contributed by atoms with Gasteiger partial charge in [-0.2, -0.15) is 0 Å². The molecule has 1 aromatic rings. The van der Waals surface area contributed by atoms with Crippen molar-refractivity contribution in [3.05, 3.63) is 33.8 Å². The van der Waals surface area contributed by atoms with Crippen molar-refractivity contribution in [2.75, 3.05) is 0 Å². The van der Waals surface area contributed by atoms with E-state index < -0.39 is 11.4 Å². The third-order valence-corrected chi connectivity index (χ3v) is 3.20. The Hall–Kier alpha value is -0.480. The summed E-state index contributed by atoms with van der Waals surface area (Å²) in [7, 11) is 0. The lowest BCUT2D eigenvalue weighted by Crippen LogP contribution is -2.46. The number of hydrogen-bond acceptors (Lipinski definition) is 2. The largest absolute Gasteiger partial charge is 0.270 e. The molecule has 1 aromatic carbocycles. The van der Waals surface area contributed by atoms with Gasteiger partial charge in [0.05, 0.1) is 15.6 Å². The topological polar surface area (TPSA) is 32.3 Å². The molecule has 0 saturated heterocycles. The molecule has 94 valence electrons. The van der Waals surface area contributed by atoms with Crippen molar-refractivity contribution >= 4 is 40.9 Å². The fourth-order valence-electron chi connectivity index (χ4n) is 1.03. The van der Waals surface area contributed by atoms with Crippen molar-refractivity contribution in [3.63, 3.8) is 0 Å². The van der Waals surface area contributed by atoms with Crippen molar-refractivity contribution in [3.8, 4) is 0 Å². The van der Waals surface area contributed by atoms with Crippen molar-refractivity contribution < 1.29 is 4.79 Å². The zero-order valence-electron chi connectivity index (χ0n) is 9.72. The molecule has 0 aromatic heterocycles. The molecule has 0 fully saturated rings. The maximum atomic E-state index is 11.9. The summed E-state index contributed by atoms with van der Waals surface area (Å²) in [6.07, 6.45) is 0. The number of carbonyl (C=O) groups excluding carboxylic acids is 1. The molecule has 3 nitrogen and oxygen atoms in total. The zero-order valence-corrected chi connectivity index (χ0v) is 12.0. The third kappa shape index (κ3) is 3.75. The Morgan fingerprint density at radius 1 is 1.24 bits per heavy atom. The van der Waals surface area contributed by atoms with E-state index in [4.69, 9.17) is 35.0 Å². The molecule has 0 aliphatic rings. The summed E-state index contributed by atoms with van der Waals surface area (Å²) in [5, 5.41) is 0.572. The monoisotopic (exact) mass is 294 g/mol. The third-order valence-electron chi connectivity index (χ3n) is 1.98. The number of nitrogens with zero attached hydrogens (tertiary/aromatic N) is 1. The van der Waals surface area contributed by atoms with Gasteiger partial charge in [-0.1, -0.05) is 29.3 Å². The van der Waals surface area contributed by atoms with Crippen LogP contribution < -0.4 is 5.43 Å². The standard InChI is InChI=1S/C11H13Cl3N2O/c1-11(2,3)16(14)15-10(17)9-7(12)5-4-6-8(9)13/h4-6H,1-3H3,(H,15,17). The van der Waals surface area contributed by atoms with Crippen molar-refractivity contribution in [2.45, 2.75) is 26.3 Å². The van der Waals surface area contributed by atoms with Crippen LogP contribution in [0.15, 0.2) is 18.2 Å². The SMILES string of the molecule is CC(C)(C)N(Cl)NC(=O)c1c(Cl)cccc1Cl. The Morgan fingerprint density at radius 3 is 2.12 bits per heavy atom. The number of benzene rings is 1. The van der Waals surface area contributed by atoms with Gasteiger partial charge in [0.2, 0.25) is 0 Å². The number of nitrogens with one attached hydrogen (secondary N) is 1. The molecular formula is C11H13Cl3N2O. The highest BCUT2D eigenvalue weighted by Gasteiger charge is 2.23. The van der Waals surface area contributed by atoms with E-state index in [0.29, 0.717) is 0 Å². The summed E-state index contributed by atoms with van der Waals surface area (Å²) in [6.45, 7) is 5.57. The molecule has 0 heterocycles. The normalized spacial score (nSPS) is 11.7. The van der Waals surface area contributed by atoms with Gasteiger partial charge < -0.3 is 0 Å².